The zero-order chi connectivity index (χ0) is 20.0. The van der Waals surface area contributed by atoms with E-state index < -0.39 is 10.8 Å². The van der Waals surface area contributed by atoms with Gasteiger partial charge in [-0.15, -0.1) is 0 Å². The van der Waals surface area contributed by atoms with E-state index in [4.69, 9.17) is 0 Å². The Morgan fingerprint density at radius 1 is 0.692 bits per heavy atom. The summed E-state index contributed by atoms with van der Waals surface area (Å²) in [5.41, 5.74) is 2.62. The lowest BCUT2D eigenvalue weighted by atomic mass is 9.86. The first-order chi connectivity index (χ1) is 11.7. The maximum atomic E-state index is 13.7. The minimum atomic E-state index is -1.42. The molecule has 0 saturated carbocycles. The molecule has 0 saturated heterocycles. The van der Waals surface area contributed by atoms with Gasteiger partial charge >= 0.3 is 0 Å². The third kappa shape index (κ3) is 3.96. The lowest BCUT2D eigenvalue weighted by molar-refractivity contribution is 0.464. The van der Waals surface area contributed by atoms with Crippen molar-refractivity contribution in [2.45, 2.75) is 76.0 Å². The quantitative estimate of drug-likeness (QED) is 0.732. The van der Waals surface area contributed by atoms with Crippen molar-refractivity contribution < 1.29 is 14.4 Å². The van der Waals surface area contributed by atoms with Crippen molar-refractivity contribution in [1.82, 2.24) is 0 Å². The van der Waals surface area contributed by atoms with Crippen molar-refractivity contribution in [2.24, 2.45) is 0 Å². The van der Waals surface area contributed by atoms with E-state index in [0.717, 1.165) is 11.1 Å². The van der Waals surface area contributed by atoms with Gasteiger partial charge in [-0.2, -0.15) is 0 Å². The largest absolute Gasteiger partial charge is 0.508 e. The Labute approximate surface area is 159 Å². The van der Waals surface area contributed by atoms with Crippen LogP contribution in [0.1, 0.15) is 63.8 Å². The average Bonchev–Trinajstić information content (AvgIpc) is 2.49. The first kappa shape index (κ1) is 20.5. The molecule has 26 heavy (non-hydrogen) atoms. The molecule has 0 aromatic heterocycles. The number of aryl methyl sites for hydroxylation is 2. The number of aromatic hydroxyl groups is 2. The highest BCUT2D eigenvalue weighted by Crippen LogP contribution is 2.39. The molecular formula is C22H30O3S. The van der Waals surface area contributed by atoms with Crippen molar-refractivity contribution in [2.75, 3.05) is 0 Å². The second-order valence-corrected chi connectivity index (χ2v) is 10.5. The fourth-order valence-electron chi connectivity index (χ4n) is 2.94. The van der Waals surface area contributed by atoms with Crippen LogP contribution in [0.4, 0.5) is 0 Å². The molecule has 0 spiro atoms. The van der Waals surface area contributed by atoms with Gasteiger partial charge in [0, 0.05) is 9.79 Å². The molecular weight excluding hydrogens is 344 g/mol. The van der Waals surface area contributed by atoms with Gasteiger partial charge < -0.3 is 10.2 Å². The fourth-order valence-corrected chi connectivity index (χ4v) is 4.87. The van der Waals surface area contributed by atoms with Crippen LogP contribution in [-0.2, 0) is 21.6 Å². The topological polar surface area (TPSA) is 57.5 Å². The van der Waals surface area contributed by atoms with Gasteiger partial charge in [-0.05, 0) is 71.2 Å². The van der Waals surface area contributed by atoms with Gasteiger partial charge in [-0.25, -0.2) is 4.21 Å². The molecule has 2 aromatic carbocycles. The van der Waals surface area contributed by atoms with Crippen LogP contribution >= 0.6 is 0 Å². The molecule has 0 aliphatic heterocycles. The zero-order valence-corrected chi connectivity index (χ0v) is 17.8. The number of hydrogen-bond acceptors (Lipinski definition) is 3. The van der Waals surface area contributed by atoms with E-state index in [0.29, 0.717) is 20.9 Å². The van der Waals surface area contributed by atoms with Crippen molar-refractivity contribution in [1.29, 1.82) is 0 Å². The first-order valence-electron chi connectivity index (χ1n) is 8.83. The van der Waals surface area contributed by atoms with Crippen molar-refractivity contribution in [3.8, 4) is 11.5 Å². The van der Waals surface area contributed by atoms with Gasteiger partial charge in [-0.3, -0.25) is 0 Å². The Hall–Kier alpha value is -1.81. The number of rotatable bonds is 2. The number of hydrogen-bond donors (Lipinski definition) is 2. The van der Waals surface area contributed by atoms with Gasteiger partial charge in [0.25, 0.3) is 0 Å². The SMILES string of the molecule is Cc1cc(S(=O)c2cc(C)c(O)cc2C(C)(C)C)c(C(C)(C)C)cc1O. The minimum absolute atomic E-state index is 0.216. The number of phenolic OH excluding ortho intramolecular Hbond substituents is 2. The lowest BCUT2D eigenvalue weighted by Gasteiger charge is -2.27. The normalized spacial score (nSPS) is 12.7. The molecule has 0 aliphatic rings. The van der Waals surface area contributed by atoms with Crippen LogP contribution in [0.15, 0.2) is 34.1 Å². The smallest absolute Gasteiger partial charge is 0.118 e. The van der Waals surface area contributed by atoms with Gasteiger partial charge in [-0.1, -0.05) is 41.5 Å². The molecule has 0 aliphatic carbocycles. The van der Waals surface area contributed by atoms with Crippen LogP contribution < -0.4 is 0 Å². The molecule has 0 bridgehead atoms. The maximum absolute atomic E-state index is 13.7. The number of benzene rings is 2. The molecule has 3 nitrogen and oxygen atoms in total. The summed E-state index contributed by atoms with van der Waals surface area (Å²) in [6.07, 6.45) is 0. The van der Waals surface area contributed by atoms with Crippen molar-refractivity contribution >= 4 is 10.8 Å². The van der Waals surface area contributed by atoms with Crippen molar-refractivity contribution in [3.05, 3.63) is 46.5 Å². The highest BCUT2D eigenvalue weighted by molar-refractivity contribution is 7.85. The second kappa shape index (κ2) is 6.73. The highest BCUT2D eigenvalue weighted by atomic mass is 32.2. The van der Waals surface area contributed by atoms with Gasteiger partial charge in [0.15, 0.2) is 0 Å². The highest BCUT2D eigenvalue weighted by Gasteiger charge is 2.28. The summed E-state index contributed by atoms with van der Waals surface area (Å²) >= 11 is 0. The van der Waals surface area contributed by atoms with Gasteiger partial charge in [0.05, 0.1) is 10.8 Å². The Morgan fingerprint density at radius 2 is 1.00 bits per heavy atom. The Bertz CT molecular complexity index is 797. The standard InChI is InChI=1S/C22H30O3S/c1-13-9-19(15(11-17(13)23)21(3,4)5)26(25)20-10-14(2)18(24)12-16(20)22(6,7)8/h9-12,23-24H,1-8H3. The molecule has 0 atom stereocenters. The zero-order valence-electron chi connectivity index (χ0n) is 17.0. The third-order valence-corrected chi connectivity index (χ3v) is 6.09. The molecule has 0 fully saturated rings. The van der Waals surface area contributed by atoms with E-state index >= 15 is 0 Å². The Balaban J connectivity index is 2.79. The predicted octanol–water partition coefficient (Wildman–Crippen LogP) is 5.48. The predicted molar refractivity (Wildman–Crippen MR) is 108 cm³/mol. The van der Waals surface area contributed by atoms with E-state index in [1.165, 1.54) is 0 Å². The summed E-state index contributed by atoms with van der Waals surface area (Å²) < 4.78 is 13.7. The average molecular weight is 375 g/mol. The Kier molecular flexibility index (Phi) is 5.31. The van der Waals surface area contributed by atoms with Gasteiger partial charge in [0.1, 0.15) is 11.5 Å². The van der Waals surface area contributed by atoms with Crippen LogP contribution in [0.25, 0.3) is 0 Å². The monoisotopic (exact) mass is 374 g/mol. The number of phenols is 2. The summed E-state index contributed by atoms with van der Waals surface area (Å²) in [5.74, 6) is 0.433. The van der Waals surface area contributed by atoms with E-state index in [1.807, 2.05) is 67.5 Å². The van der Waals surface area contributed by atoms with E-state index in [1.54, 1.807) is 12.1 Å². The first-order valence-corrected chi connectivity index (χ1v) is 9.98. The summed E-state index contributed by atoms with van der Waals surface area (Å²) in [7, 11) is -1.42. The molecule has 2 rings (SSSR count). The molecule has 4 heteroatoms. The maximum Gasteiger partial charge on any atom is 0.118 e. The third-order valence-electron chi connectivity index (χ3n) is 4.61. The molecule has 0 unspecified atom stereocenters. The van der Waals surface area contributed by atoms with E-state index in [9.17, 15) is 14.4 Å². The van der Waals surface area contributed by atoms with Crippen LogP contribution in [-0.4, -0.2) is 14.4 Å². The van der Waals surface area contributed by atoms with Crippen LogP contribution in [0, 0.1) is 13.8 Å². The molecule has 142 valence electrons. The lowest BCUT2D eigenvalue weighted by Crippen LogP contribution is -2.18. The summed E-state index contributed by atoms with van der Waals surface area (Å²) in [5, 5.41) is 20.3. The Morgan fingerprint density at radius 3 is 1.27 bits per heavy atom. The molecule has 0 heterocycles. The fraction of sp³-hybridized carbons (Fsp3) is 0.455. The molecule has 2 N–H and O–H groups in total. The van der Waals surface area contributed by atoms with Crippen LogP contribution in [0.3, 0.4) is 0 Å². The molecule has 0 amide bonds. The van der Waals surface area contributed by atoms with Gasteiger partial charge in [0.2, 0.25) is 0 Å². The van der Waals surface area contributed by atoms with Crippen LogP contribution in [0.2, 0.25) is 0 Å². The second-order valence-electron chi connectivity index (χ2n) is 9.04. The molecule has 2 aromatic rings. The summed E-state index contributed by atoms with van der Waals surface area (Å²) in [4.78, 5) is 1.42. The minimum Gasteiger partial charge on any atom is -0.508 e. The molecule has 0 radical (unpaired) electrons. The van der Waals surface area contributed by atoms with Crippen LogP contribution in [0.5, 0.6) is 11.5 Å². The summed E-state index contributed by atoms with van der Waals surface area (Å²) in [6, 6.07) is 7.10. The van der Waals surface area contributed by atoms with E-state index in [-0.39, 0.29) is 22.3 Å². The summed E-state index contributed by atoms with van der Waals surface area (Å²) in [6.45, 7) is 15.9. The van der Waals surface area contributed by atoms with Crippen molar-refractivity contribution in [3.63, 3.8) is 0 Å². The van der Waals surface area contributed by atoms with E-state index in [2.05, 4.69) is 0 Å².